The van der Waals surface area contributed by atoms with E-state index >= 15 is 0 Å². The van der Waals surface area contributed by atoms with Crippen molar-refractivity contribution in [1.29, 1.82) is 0 Å². The first-order valence-electron chi connectivity index (χ1n) is 8.91. The van der Waals surface area contributed by atoms with Crippen LogP contribution in [0, 0.1) is 13.8 Å². The summed E-state index contributed by atoms with van der Waals surface area (Å²) in [7, 11) is -3.52. The molecule has 1 amide bonds. The van der Waals surface area contributed by atoms with E-state index in [1.165, 1.54) is 4.31 Å². The third-order valence-corrected chi connectivity index (χ3v) is 7.12. The second-order valence-corrected chi connectivity index (χ2v) is 9.27. The number of hydrogen-bond donors (Lipinski definition) is 1. The molecule has 0 spiro atoms. The van der Waals surface area contributed by atoms with E-state index in [1.54, 1.807) is 30.3 Å². The first kappa shape index (κ1) is 19.9. The average Bonchev–Trinajstić information content (AvgIpc) is 2.62. The molecule has 2 aromatic rings. The van der Waals surface area contributed by atoms with Crippen molar-refractivity contribution < 1.29 is 13.2 Å². The van der Waals surface area contributed by atoms with Crippen LogP contribution in [0.5, 0.6) is 0 Å². The molecule has 0 saturated carbocycles. The minimum atomic E-state index is -3.52. The molecule has 0 bridgehead atoms. The van der Waals surface area contributed by atoms with Gasteiger partial charge in [-0.1, -0.05) is 35.4 Å². The molecular formula is C20H23ClN2O3S. The SMILES string of the molecule is Cc1ccc(S(=O)(=O)N2CCC(NC(=O)c3cccc(Cl)c3)CC2)c(C)c1. The smallest absolute Gasteiger partial charge is 0.251 e. The number of hydrogen-bond acceptors (Lipinski definition) is 3. The number of nitrogens with one attached hydrogen (secondary N) is 1. The number of benzene rings is 2. The second kappa shape index (κ2) is 8.00. The molecule has 0 aromatic heterocycles. The first-order valence-corrected chi connectivity index (χ1v) is 10.7. The highest BCUT2D eigenvalue weighted by molar-refractivity contribution is 7.89. The van der Waals surface area contributed by atoms with Gasteiger partial charge in [-0.3, -0.25) is 4.79 Å². The molecule has 7 heteroatoms. The van der Waals surface area contributed by atoms with Gasteiger partial charge < -0.3 is 5.32 Å². The van der Waals surface area contributed by atoms with Crippen molar-refractivity contribution in [3.63, 3.8) is 0 Å². The maximum atomic E-state index is 12.9. The van der Waals surface area contributed by atoms with Crippen molar-refractivity contribution in [2.45, 2.75) is 37.6 Å². The number of sulfonamides is 1. The van der Waals surface area contributed by atoms with E-state index in [9.17, 15) is 13.2 Å². The van der Waals surface area contributed by atoms with Crippen LogP contribution in [0.15, 0.2) is 47.4 Å². The van der Waals surface area contributed by atoms with Crippen LogP contribution in [0.25, 0.3) is 0 Å². The summed E-state index contributed by atoms with van der Waals surface area (Å²) < 4.78 is 27.4. The molecule has 5 nitrogen and oxygen atoms in total. The Hall–Kier alpha value is -1.89. The summed E-state index contributed by atoms with van der Waals surface area (Å²) in [4.78, 5) is 12.7. The molecule has 0 aliphatic carbocycles. The summed E-state index contributed by atoms with van der Waals surface area (Å²) in [5, 5.41) is 3.49. The van der Waals surface area contributed by atoms with Gasteiger partial charge in [0.2, 0.25) is 10.0 Å². The van der Waals surface area contributed by atoms with Gasteiger partial charge in [-0.2, -0.15) is 4.31 Å². The molecule has 2 aromatic carbocycles. The molecule has 3 rings (SSSR count). The Morgan fingerprint density at radius 1 is 1.11 bits per heavy atom. The van der Waals surface area contributed by atoms with Crippen LogP contribution in [-0.2, 0) is 10.0 Å². The molecule has 144 valence electrons. The normalized spacial score (nSPS) is 16.3. The number of carbonyl (C=O) groups is 1. The predicted molar refractivity (Wildman–Crippen MR) is 107 cm³/mol. The zero-order valence-corrected chi connectivity index (χ0v) is 17.0. The molecule has 1 heterocycles. The Balaban J connectivity index is 1.64. The highest BCUT2D eigenvalue weighted by Crippen LogP contribution is 2.24. The fourth-order valence-electron chi connectivity index (χ4n) is 3.37. The Bertz CT molecular complexity index is 951. The lowest BCUT2D eigenvalue weighted by Gasteiger charge is -2.32. The van der Waals surface area contributed by atoms with Gasteiger partial charge in [0.1, 0.15) is 0 Å². The van der Waals surface area contributed by atoms with E-state index in [0.717, 1.165) is 11.1 Å². The Kier molecular flexibility index (Phi) is 5.89. The second-order valence-electron chi connectivity index (χ2n) is 6.93. The van der Waals surface area contributed by atoms with Crippen LogP contribution in [0.4, 0.5) is 0 Å². The van der Waals surface area contributed by atoms with Crippen LogP contribution in [-0.4, -0.2) is 37.8 Å². The molecule has 1 aliphatic heterocycles. The Morgan fingerprint density at radius 2 is 1.81 bits per heavy atom. The van der Waals surface area contributed by atoms with Gasteiger partial charge in [0.15, 0.2) is 0 Å². The number of piperidine rings is 1. The monoisotopic (exact) mass is 406 g/mol. The van der Waals surface area contributed by atoms with Crippen LogP contribution in [0.3, 0.4) is 0 Å². The number of rotatable bonds is 4. The first-order chi connectivity index (χ1) is 12.8. The highest BCUT2D eigenvalue weighted by atomic mass is 35.5. The van der Waals surface area contributed by atoms with Gasteiger partial charge in [0.25, 0.3) is 5.91 Å². The van der Waals surface area contributed by atoms with E-state index in [2.05, 4.69) is 5.32 Å². The number of amides is 1. The third-order valence-electron chi connectivity index (χ3n) is 4.82. The molecule has 1 saturated heterocycles. The van der Waals surface area contributed by atoms with E-state index in [-0.39, 0.29) is 11.9 Å². The van der Waals surface area contributed by atoms with Gasteiger partial charge in [-0.25, -0.2) is 8.42 Å². The lowest BCUT2D eigenvalue weighted by atomic mass is 10.1. The summed E-state index contributed by atoms with van der Waals surface area (Å²) in [5.41, 5.74) is 2.30. The minimum Gasteiger partial charge on any atom is -0.349 e. The third kappa shape index (κ3) is 4.51. The molecule has 1 N–H and O–H groups in total. The number of aryl methyl sites for hydroxylation is 2. The molecular weight excluding hydrogens is 384 g/mol. The summed E-state index contributed by atoms with van der Waals surface area (Å²) in [5.74, 6) is -0.187. The quantitative estimate of drug-likeness (QED) is 0.844. The standard InChI is InChI=1S/C20H23ClN2O3S/c1-14-6-7-19(15(2)12-14)27(25,26)23-10-8-18(9-11-23)22-20(24)16-4-3-5-17(21)13-16/h3-7,12-13,18H,8-11H2,1-2H3,(H,22,24). The van der Waals surface area contributed by atoms with E-state index in [1.807, 2.05) is 26.0 Å². The van der Waals surface area contributed by atoms with Gasteiger partial charge in [-0.05, 0) is 56.5 Å². The average molecular weight is 407 g/mol. The summed E-state index contributed by atoms with van der Waals surface area (Å²) >= 11 is 5.93. The number of halogens is 1. The van der Waals surface area contributed by atoms with Crippen LogP contribution < -0.4 is 5.32 Å². The number of carbonyl (C=O) groups excluding carboxylic acids is 1. The number of nitrogens with zero attached hydrogens (tertiary/aromatic N) is 1. The van der Waals surface area contributed by atoms with Crippen LogP contribution in [0.1, 0.15) is 34.3 Å². The highest BCUT2D eigenvalue weighted by Gasteiger charge is 2.31. The van der Waals surface area contributed by atoms with E-state index < -0.39 is 10.0 Å². The summed E-state index contributed by atoms with van der Waals surface area (Å²) in [6.07, 6.45) is 1.16. The molecule has 27 heavy (non-hydrogen) atoms. The minimum absolute atomic E-state index is 0.0537. The van der Waals surface area contributed by atoms with Crippen LogP contribution >= 0.6 is 11.6 Å². The van der Waals surface area contributed by atoms with Crippen molar-refractivity contribution in [3.8, 4) is 0 Å². The largest absolute Gasteiger partial charge is 0.349 e. The maximum absolute atomic E-state index is 12.9. The zero-order chi connectivity index (χ0) is 19.6. The van der Waals surface area contributed by atoms with Crippen molar-refractivity contribution in [2.24, 2.45) is 0 Å². The molecule has 0 radical (unpaired) electrons. The predicted octanol–water partition coefficient (Wildman–Crippen LogP) is 3.54. The van der Waals surface area contributed by atoms with Crippen molar-refractivity contribution >= 4 is 27.5 Å². The molecule has 1 fully saturated rings. The zero-order valence-electron chi connectivity index (χ0n) is 15.4. The summed E-state index contributed by atoms with van der Waals surface area (Å²) in [6, 6.07) is 12.1. The molecule has 0 unspecified atom stereocenters. The van der Waals surface area contributed by atoms with Crippen molar-refractivity contribution in [1.82, 2.24) is 9.62 Å². The van der Waals surface area contributed by atoms with Crippen LogP contribution in [0.2, 0.25) is 5.02 Å². The molecule has 1 aliphatic rings. The van der Waals surface area contributed by atoms with Gasteiger partial charge in [0, 0.05) is 29.7 Å². The van der Waals surface area contributed by atoms with E-state index in [0.29, 0.717) is 41.4 Å². The fourth-order valence-corrected chi connectivity index (χ4v) is 5.23. The van der Waals surface area contributed by atoms with Crippen molar-refractivity contribution in [3.05, 3.63) is 64.2 Å². The molecule has 0 atom stereocenters. The fraction of sp³-hybridized carbons (Fsp3) is 0.350. The lowest BCUT2D eigenvalue weighted by molar-refractivity contribution is 0.0924. The maximum Gasteiger partial charge on any atom is 0.251 e. The lowest BCUT2D eigenvalue weighted by Crippen LogP contribution is -2.46. The summed E-state index contributed by atoms with van der Waals surface area (Å²) in [6.45, 7) is 4.53. The Labute approximate surface area is 165 Å². The van der Waals surface area contributed by atoms with Gasteiger partial charge in [0.05, 0.1) is 4.90 Å². The van der Waals surface area contributed by atoms with Gasteiger partial charge in [-0.15, -0.1) is 0 Å². The van der Waals surface area contributed by atoms with Gasteiger partial charge >= 0.3 is 0 Å². The van der Waals surface area contributed by atoms with Crippen molar-refractivity contribution in [2.75, 3.05) is 13.1 Å². The topological polar surface area (TPSA) is 66.5 Å². The van der Waals surface area contributed by atoms with E-state index in [4.69, 9.17) is 11.6 Å². The Morgan fingerprint density at radius 3 is 2.44 bits per heavy atom.